The molecule has 0 saturated heterocycles. The van der Waals surface area contributed by atoms with Gasteiger partial charge < -0.3 is 0 Å². The third kappa shape index (κ3) is 2.19. The van der Waals surface area contributed by atoms with Crippen molar-refractivity contribution in [2.45, 2.75) is 25.9 Å². The summed E-state index contributed by atoms with van der Waals surface area (Å²) in [6.07, 6.45) is 1.00. The van der Waals surface area contributed by atoms with E-state index in [9.17, 15) is 4.80 Å². The fourth-order valence-corrected chi connectivity index (χ4v) is 3.55. The molecule has 12 heavy (non-hydrogen) atoms. The van der Waals surface area contributed by atoms with Crippen LogP contribution in [0.5, 0.6) is 0 Å². The summed E-state index contributed by atoms with van der Waals surface area (Å²) in [4.78, 5) is 12.0. The van der Waals surface area contributed by atoms with E-state index in [-0.39, 0.29) is 0 Å². The Labute approximate surface area is 75.2 Å². The standard InChI is InChI=1S/C10H15OSi/c1-3-9-12(2,11)10-7-5-4-6-8-10/h4-8H,3,9H2,1-2H3. The molecule has 0 fully saturated rings. The lowest BCUT2D eigenvalue weighted by Gasteiger charge is -2.16. The molecule has 0 bridgehead atoms. The van der Waals surface area contributed by atoms with Gasteiger partial charge in [0, 0.05) is 0 Å². The first-order chi connectivity index (χ1) is 5.67. The van der Waals surface area contributed by atoms with Crippen LogP contribution in [0, 0.1) is 0 Å². The van der Waals surface area contributed by atoms with Crippen molar-refractivity contribution < 1.29 is 4.80 Å². The summed E-state index contributed by atoms with van der Waals surface area (Å²) in [6.45, 7) is 3.97. The molecular formula is C10H15OSi. The highest BCUT2D eigenvalue weighted by molar-refractivity contribution is 6.84. The van der Waals surface area contributed by atoms with Crippen LogP contribution in [0.4, 0.5) is 0 Å². The molecule has 1 atom stereocenters. The molecule has 65 valence electrons. The molecule has 0 aliphatic rings. The SMILES string of the molecule is CCC[Si](C)([O])c1ccccc1. The maximum atomic E-state index is 12.0. The normalized spacial score (nSPS) is 15.6. The van der Waals surface area contributed by atoms with Crippen LogP contribution < -0.4 is 5.19 Å². The third-order valence-corrected chi connectivity index (χ3v) is 5.12. The second-order valence-electron chi connectivity index (χ2n) is 3.35. The first-order valence-electron chi connectivity index (χ1n) is 4.43. The topological polar surface area (TPSA) is 19.9 Å². The molecular weight excluding hydrogens is 164 g/mol. The zero-order valence-electron chi connectivity index (χ0n) is 7.71. The monoisotopic (exact) mass is 179 g/mol. The first-order valence-corrected chi connectivity index (χ1v) is 7.04. The fraction of sp³-hybridized carbons (Fsp3) is 0.400. The second-order valence-corrected chi connectivity index (χ2v) is 6.89. The van der Waals surface area contributed by atoms with E-state index in [1.54, 1.807) is 0 Å². The largest absolute Gasteiger partial charge is 0.292 e. The Morgan fingerprint density at radius 3 is 2.33 bits per heavy atom. The Hall–Kier alpha value is -0.603. The summed E-state index contributed by atoms with van der Waals surface area (Å²) in [6, 6.07) is 10.6. The number of rotatable bonds is 3. The van der Waals surface area contributed by atoms with Gasteiger partial charge in [0.2, 0.25) is 0 Å². The third-order valence-electron chi connectivity index (χ3n) is 2.11. The van der Waals surface area contributed by atoms with Gasteiger partial charge in [-0.05, 0) is 17.8 Å². The highest BCUT2D eigenvalue weighted by Crippen LogP contribution is 2.08. The molecule has 0 aromatic heterocycles. The van der Waals surface area contributed by atoms with Crippen molar-refractivity contribution in [1.29, 1.82) is 0 Å². The molecule has 0 N–H and O–H groups in total. The van der Waals surface area contributed by atoms with E-state index in [2.05, 4.69) is 6.92 Å². The van der Waals surface area contributed by atoms with Crippen LogP contribution in [-0.2, 0) is 4.80 Å². The van der Waals surface area contributed by atoms with Crippen LogP contribution in [0.3, 0.4) is 0 Å². The summed E-state index contributed by atoms with van der Waals surface area (Å²) in [5.74, 6) is 0. The average molecular weight is 179 g/mol. The lowest BCUT2D eigenvalue weighted by Crippen LogP contribution is -2.42. The Morgan fingerprint density at radius 2 is 1.83 bits per heavy atom. The van der Waals surface area contributed by atoms with Crippen molar-refractivity contribution in [2.75, 3.05) is 0 Å². The molecule has 0 heterocycles. The molecule has 1 nitrogen and oxygen atoms in total. The summed E-state index contributed by atoms with van der Waals surface area (Å²) in [5.41, 5.74) is 0. The van der Waals surface area contributed by atoms with Crippen molar-refractivity contribution >= 4 is 13.5 Å². The van der Waals surface area contributed by atoms with E-state index in [1.807, 2.05) is 36.9 Å². The van der Waals surface area contributed by atoms with Gasteiger partial charge in [-0.25, -0.2) is 0 Å². The van der Waals surface area contributed by atoms with E-state index < -0.39 is 8.32 Å². The van der Waals surface area contributed by atoms with Gasteiger partial charge in [-0.1, -0.05) is 43.7 Å². The fourth-order valence-electron chi connectivity index (χ4n) is 1.41. The minimum Gasteiger partial charge on any atom is -0.292 e. The van der Waals surface area contributed by atoms with Crippen molar-refractivity contribution in [3.63, 3.8) is 0 Å². The minimum atomic E-state index is -2.33. The molecule has 0 aliphatic carbocycles. The number of hydrogen-bond donors (Lipinski definition) is 0. The van der Waals surface area contributed by atoms with E-state index in [1.165, 1.54) is 0 Å². The molecule has 0 saturated carbocycles. The highest BCUT2D eigenvalue weighted by Gasteiger charge is 2.28. The van der Waals surface area contributed by atoms with Crippen LogP contribution in [-0.4, -0.2) is 8.32 Å². The maximum Gasteiger partial charge on any atom is 0.265 e. The van der Waals surface area contributed by atoms with Crippen molar-refractivity contribution in [1.82, 2.24) is 0 Å². The number of hydrogen-bond acceptors (Lipinski definition) is 0. The Morgan fingerprint density at radius 1 is 1.25 bits per heavy atom. The summed E-state index contributed by atoms with van der Waals surface area (Å²) < 4.78 is 0. The van der Waals surface area contributed by atoms with Crippen LogP contribution >= 0.6 is 0 Å². The quantitative estimate of drug-likeness (QED) is 0.635. The predicted octanol–water partition coefficient (Wildman–Crippen LogP) is 2.31. The molecule has 2 heteroatoms. The van der Waals surface area contributed by atoms with Gasteiger partial charge in [0.25, 0.3) is 8.32 Å². The van der Waals surface area contributed by atoms with E-state index in [0.29, 0.717) is 0 Å². The molecule has 0 amide bonds. The summed E-state index contributed by atoms with van der Waals surface area (Å²) in [5, 5.41) is 1.03. The van der Waals surface area contributed by atoms with E-state index in [0.717, 1.165) is 17.7 Å². The molecule has 1 aromatic carbocycles. The molecule has 1 aromatic rings. The van der Waals surface area contributed by atoms with Gasteiger partial charge in [0.15, 0.2) is 0 Å². The van der Waals surface area contributed by atoms with Crippen LogP contribution in [0.2, 0.25) is 12.6 Å². The number of benzene rings is 1. The zero-order chi connectivity index (χ0) is 9.03. The maximum absolute atomic E-state index is 12.0. The van der Waals surface area contributed by atoms with E-state index in [4.69, 9.17) is 0 Å². The van der Waals surface area contributed by atoms with Gasteiger partial charge in [-0.15, -0.1) is 0 Å². The van der Waals surface area contributed by atoms with Gasteiger partial charge >= 0.3 is 0 Å². The van der Waals surface area contributed by atoms with Gasteiger partial charge in [-0.2, -0.15) is 0 Å². The molecule has 0 spiro atoms. The Kier molecular flexibility index (Phi) is 3.06. The van der Waals surface area contributed by atoms with Crippen molar-refractivity contribution in [2.24, 2.45) is 0 Å². The van der Waals surface area contributed by atoms with Gasteiger partial charge in [0.05, 0.1) is 0 Å². The minimum absolute atomic E-state index is 0.844. The first kappa shape index (κ1) is 9.48. The van der Waals surface area contributed by atoms with Crippen LogP contribution in [0.25, 0.3) is 0 Å². The van der Waals surface area contributed by atoms with E-state index >= 15 is 0 Å². The lowest BCUT2D eigenvalue weighted by molar-refractivity contribution is 0.433. The smallest absolute Gasteiger partial charge is 0.265 e. The molecule has 0 aliphatic heterocycles. The van der Waals surface area contributed by atoms with Crippen LogP contribution in [0.15, 0.2) is 30.3 Å². The predicted molar refractivity (Wildman–Crippen MR) is 53.5 cm³/mol. The molecule has 1 unspecified atom stereocenters. The van der Waals surface area contributed by atoms with Gasteiger partial charge in [0.1, 0.15) is 0 Å². The molecule has 1 radical (unpaired) electrons. The van der Waals surface area contributed by atoms with Crippen molar-refractivity contribution in [3.8, 4) is 0 Å². The summed E-state index contributed by atoms with van der Waals surface area (Å²) >= 11 is 0. The highest BCUT2D eigenvalue weighted by atomic mass is 28.4. The zero-order valence-corrected chi connectivity index (χ0v) is 8.71. The Balaban J connectivity index is 2.82. The van der Waals surface area contributed by atoms with Crippen LogP contribution in [0.1, 0.15) is 13.3 Å². The average Bonchev–Trinajstić information content (AvgIpc) is 2.06. The molecule has 1 rings (SSSR count). The second kappa shape index (κ2) is 3.87. The van der Waals surface area contributed by atoms with Crippen molar-refractivity contribution in [3.05, 3.63) is 30.3 Å². The lowest BCUT2D eigenvalue weighted by atomic mass is 10.4. The Bertz CT molecular complexity index is 231. The van der Waals surface area contributed by atoms with Gasteiger partial charge in [-0.3, -0.25) is 4.80 Å². The summed E-state index contributed by atoms with van der Waals surface area (Å²) in [7, 11) is -2.33.